The molecule has 1 aromatic heterocycles. The van der Waals surface area contributed by atoms with Gasteiger partial charge in [-0.2, -0.15) is 0 Å². The third-order valence-electron chi connectivity index (χ3n) is 4.53. The summed E-state index contributed by atoms with van der Waals surface area (Å²) in [5, 5.41) is 26.4. The number of hydrogen-bond donors (Lipinski definition) is 2. The number of benzene rings is 1. The number of aliphatic hydroxyl groups is 1. The maximum absolute atomic E-state index is 10.9. The van der Waals surface area contributed by atoms with Crippen LogP contribution in [0.5, 0.6) is 0 Å². The number of non-ortho nitro benzene ring substituents is 1. The SMILES string of the molecule is O=[N+]([O-])c1cccc(-c2nc(CNC3CCC(CO)CC3)cs2)c1. The van der Waals surface area contributed by atoms with Gasteiger partial charge in [0.2, 0.25) is 0 Å². The van der Waals surface area contributed by atoms with Crippen molar-refractivity contribution in [2.45, 2.75) is 38.3 Å². The van der Waals surface area contributed by atoms with Gasteiger partial charge in [-0.3, -0.25) is 10.1 Å². The van der Waals surface area contributed by atoms with Crippen molar-refractivity contribution in [1.29, 1.82) is 0 Å². The van der Waals surface area contributed by atoms with E-state index in [-0.39, 0.29) is 10.6 Å². The number of nitrogens with zero attached hydrogens (tertiary/aromatic N) is 2. The zero-order valence-electron chi connectivity index (χ0n) is 13.4. The van der Waals surface area contributed by atoms with Crippen LogP contribution in [0.2, 0.25) is 0 Å². The summed E-state index contributed by atoms with van der Waals surface area (Å²) in [6, 6.07) is 7.07. The smallest absolute Gasteiger partial charge is 0.270 e. The van der Waals surface area contributed by atoms with Gasteiger partial charge in [0.15, 0.2) is 0 Å². The van der Waals surface area contributed by atoms with Crippen LogP contribution in [-0.4, -0.2) is 27.7 Å². The van der Waals surface area contributed by atoms with Crippen LogP contribution in [0.4, 0.5) is 5.69 Å². The number of nitro benzene ring substituents is 1. The Hall–Kier alpha value is -1.83. The van der Waals surface area contributed by atoms with E-state index in [1.165, 1.54) is 17.4 Å². The molecule has 0 atom stereocenters. The van der Waals surface area contributed by atoms with Gasteiger partial charge >= 0.3 is 0 Å². The number of thiazole rings is 1. The average Bonchev–Trinajstić information content (AvgIpc) is 3.09. The Kier molecular flexibility index (Phi) is 5.55. The van der Waals surface area contributed by atoms with Gasteiger partial charge in [0.25, 0.3) is 5.69 Å². The second-order valence-electron chi connectivity index (χ2n) is 6.23. The van der Waals surface area contributed by atoms with Gasteiger partial charge in [0, 0.05) is 42.3 Å². The highest BCUT2D eigenvalue weighted by Gasteiger charge is 2.20. The first-order chi connectivity index (χ1) is 11.7. The summed E-state index contributed by atoms with van der Waals surface area (Å²) in [6.07, 6.45) is 4.33. The normalized spacial score (nSPS) is 20.9. The van der Waals surface area contributed by atoms with Crippen molar-refractivity contribution in [2.75, 3.05) is 6.61 Å². The van der Waals surface area contributed by atoms with Crippen LogP contribution in [-0.2, 0) is 6.54 Å². The van der Waals surface area contributed by atoms with E-state index >= 15 is 0 Å². The van der Waals surface area contributed by atoms with Crippen molar-refractivity contribution in [2.24, 2.45) is 5.92 Å². The van der Waals surface area contributed by atoms with Gasteiger partial charge < -0.3 is 10.4 Å². The molecule has 0 radical (unpaired) electrons. The summed E-state index contributed by atoms with van der Waals surface area (Å²) in [4.78, 5) is 15.1. The molecule has 0 amide bonds. The highest BCUT2D eigenvalue weighted by molar-refractivity contribution is 7.13. The number of hydrogen-bond acceptors (Lipinski definition) is 6. The molecule has 1 heterocycles. The van der Waals surface area contributed by atoms with Gasteiger partial charge in [0.05, 0.1) is 10.6 Å². The fourth-order valence-electron chi connectivity index (χ4n) is 3.07. The molecule has 1 aromatic carbocycles. The Morgan fingerprint density at radius 3 is 2.83 bits per heavy atom. The van der Waals surface area contributed by atoms with E-state index in [0.717, 1.165) is 41.9 Å². The summed E-state index contributed by atoms with van der Waals surface area (Å²) in [5.74, 6) is 0.461. The topological polar surface area (TPSA) is 88.3 Å². The van der Waals surface area contributed by atoms with E-state index in [1.807, 2.05) is 11.4 Å². The van der Waals surface area contributed by atoms with Gasteiger partial charge in [0.1, 0.15) is 5.01 Å². The van der Waals surface area contributed by atoms with Gasteiger partial charge in [-0.25, -0.2) is 4.98 Å². The fraction of sp³-hybridized carbons (Fsp3) is 0.471. The second-order valence-corrected chi connectivity index (χ2v) is 7.09. The van der Waals surface area contributed by atoms with Crippen LogP contribution in [0.15, 0.2) is 29.6 Å². The predicted molar refractivity (Wildman–Crippen MR) is 93.9 cm³/mol. The molecule has 6 nitrogen and oxygen atoms in total. The third kappa shape index (κ3) is 4.17. The van der Waals surface area contributed by atoms with Gasteiger partial charge in [-0.15, -0.1) is 11.3 Å². The van der Waals surface area contributed by atoms with Crippen LogP contribution in [0.25, 0.3) is 10.6 Å². The molecule has 1 aliphatic rings. The Labute approximate surface area is 144 Å². The van der Waals surface area contributed by atoms with Crippen molar-refractivity contribution in [3.63, 3.8) is 0 Å². The maximum atomic E-state index is 10.9. The van der Waals surface area contributed by atoms with Crippen molar-refractivity contribution >= 4 is 17.0 Å². The molecular formula is C17H21N3O3S. The molecule has 1 saturated carbocycles. The second kappa shape index (κ2) is 7.83. The number of aromatic nitrogens is 1. The van der Waals surface area contributed by atoms with Crippen LogP contribution >= 0.6 is 11.3 Å². The van der Waals surface area contributed by atoms with Crippen LogP contribution in [0, 0.1) is 16.0 Å². The largest absolute Gasteiger partial charge is 0.396 e. The molecule has 1 aliphatic carbocycles. The van der Waals surface area contributed by atoms with E-state index in [9.17, 15) is 15.2 Å². The molecule has 24 heavy (non-hydrogen) atoms. The summed E-state index contributed by atoms with van der Waals surface area (Å²) in [6.45, 7) is 1.01. The van der Waals surface area contributed by atoms with E-state index in [1.54, 1.807) is 12.1 Å². The monoisotopic (exact) mass is 347 g/mol. The molecule has 2 aromatic rings. The lowest BCUT2D eigenvalue weighted by atomic mass is 9.86. The van der Waals surface area contributed by atoms with Crippen molar-refractivity contribution < 1.29 is 10.0 Å². The van der Waals surface area contributed by atoms with Crippen molar-refractivity contribution in [3.05, 3.63) is 45.5 Å². The maximum Gasteiger partial charge on any atom is 0.270 e. The Morgan fingerprint density at radius 2 is 2.12 bits per heavy atom. The van der Waals surface area contributed by atoms with Gasteiger partial charge in [-0.05, 0) is 31.6 Å². The molecule has 0 bridgehead atoms. The van der Waals surface area contributed by atoms with E-state index in [2.05, 4.69) is 10.3 Å². The molecule has 3 rings (SSSR count). The lowest BCUT2D eigenvalue weighted by molar-refractivity contribution is -0.384. The quantitative estimate of drug-likeness (QED) is 0.618. The molecule has 0 saturated heterocycles. The summed E-state index contributed by atoms with van der Waals surface area (Å²) in [5.41, 5.74) is 1.83. The van der Waals surface area contributed by atoms with Gasteiger partial charge in [-0.1, -0.05) is 12.1 Å². The molecule has 2 N–H and O–H groups in total. The van der Waals surface area contributed by atoms with Crippen molar-refractivity contribution in [3.8, 4) is 10.6 Å². The zero-order valence-corrected chi connectivity index (χ0v) is 14.2. The molecule has 0 aliphatic heterocycles. The Morgan fingerprint density at radius 1 is 1.33 bits per heavy atom. The molecule has 1 fully saturated rings. The van der Waals surface area contributed by atoms with E-state index in [4.69, 9.17) is 0 Å². The highest BCUT2D eigenvalue weighted by atomic mass is 32.1. The number of aliphatic hydroxyl groups excluding tert-OH is 1. The lowest BCUT2D eigenvalue weighted by Gasteiger charge is -2.27. The molecule has 0 unspecified atom stereocenters. The molecular weight excluding hydrogens is 326 g/mol. The first-order valence-corrected chi connectivity index (χ1v) is 9.07. The minimum Gasteiger partial charge on any atom is -0.396 e. The average molecular weight is 347 g/mol. The summed E-state index contributed by atoms with van der Waals surface area (Å²) >= 11 is 1.51. The van der Waals surface area contributed by atoms with E-state index < -0.39 is 0 Å². The standard InChI is InChI=1S/C17H21N3O3S/c21-10-12-4-6-14(7-5-12)18-9-15-11-24-17(19-15)13-2-1-3-16(8-13)20(22)23/h1-3,8,11-12,14,18,21H,4-7,9-10H2. The molecule has 128 valence electrons. The molecule has 0 spiro atoms. The summed E-state index contributed by atoms with van der Waals surface area (Å²) in [7, 11) is 0. The van der Waals surface area contributed by atoms with Crippen LogP contribution in [0.1, 0.15) is 31.4 Å². The number of nitro groups is 1. The number of rotatable bonds is 6. The Balaban J connectivity index is 1.58. The fourth-order valence-corrected chi connectivity index (χ4v) is 3.89. The minimum atomic E-state index is -0.387. The lowest BCUT2D eigenvalue weighted by Crippen LogP contribution is -2.33. The van der Waals surface area contributed by atoms with E-state index in [0.29, 0.717) is 25.1 Å². The first kappa shape index (κ1) is 17.0. The van der Waals surface area contributed by atoms with Crippen LogP contribution in [0.3, 0.4) is 0 Å². The first-order valence-electron chi connectivity index (χ1n) is 8.19. The summed E-state index contributed by atoms with van der Waals surface area (Å²) < 4.78 is 0. The third-order valence-corrected chi connectivity index (χ3v) is 5.47. The minimum absolute atomic E-state index is 0.0861. The van der Waals surface area contributed by atoms with Crippen LogP contribution < -0.4 is 5.32 Å². The zero-order chi connectivity index (χ0) is 16.9. The highest BCUT2D eigenvalue weighted by Crippen LogP contribution is 2.27. The molecule has 7 heteroatoms. The Bertz CT molecular complexity index is 696. The van der Waals surface area contributed by atoms with Crippen molar-refractivity contribution in [1.82, 2.24) is 10.3 Å². The predicted octanol–water partition coefficient (Wildman–Crippen LogP) is 3.36. The number of nitrogens with one attached hydrogen (secondary N) is 1.